The number of hydrogen-bond acceptors (Lipinski definition) is 4. The first kappa shape index (κ1) is 82.2. The second-order valence-electron chi connectivity index (χ2n) is 23.3. The molecule has 0 radical (unpaired) electrons. The molecule has 2 nitrogen and oxygen atoms in total. The molecule has 0 saturated carbocycles. The molecule has 16 aromatic rings. The number of hydrogen-bond donors (Lipinski definition) is 0. The maximum atomic E-state index is 10.5. The van der Waals surface area contributed by atoms with Crippen LogP contribution in [0.5, 0.6) is 0 Å². The number of rotatable bonds is 17. The average molecular weight is 1720 g/mol. The van der Waals surface area contributed by atoms with E-state index in [1.54, 1.807) is 17.4 Å². The Morgan fingerprint density at radius 1 is 0.224 bits per heavy atom. The van der Waals surface area contributed by atoms with Crippen molar-refractivity contribution < 1.29 is 30.0 Å². The predicted molar refractivity (Wildman–Crippen MR) is 476 cm³/mol. The Morgan fingerprint density at radius 2 is 0.402 bits per heavy atom. The fraction of sp³-hybridized carbons (Fsp3) is 0.0208. The van der Waals surface area contributed by atoms with Gasteiger partial charge in [-0.3, -0.25) is 9.59 Å². The molecule has 0 fully saturated rings. The normalized spacial score (nSPS) is 10.2. The SMILES string of the molecule is BrCc1ccccc1.O=Cc1ccc(Br)s1.O=Cc1ccc(Cc2ccccc2)s1.[Pd].c1ccc(P(c2ccccc2)c2ccccc2)cc1.c1ccc(P(c2ccccc2)c2ccccc2)cc1.c1ccc(P(c2ccccc2)c2ccccc2)cc1.c1ccc(P(c2ccccc2)c2ccccc2)cc1. The molecule has 532 valence electrons. The minimum atomic E-state index is -0.446. The van der Waals surface area contributed by atoms with Gasteiger partial charge in [0.05, 0.1) is 13.5 Å². The van der Waals surface area contributed by atoms with Gasteiger partial charge in [0.1, 0.15) is 0 Å². The van der Waals surface area contributed by atoms with E-state index in [0.717, 1.165) is 37.9 Å². The number of aldehydes is 2. The molecule has 0 aliphatic carbocycles. The Balaban J connectivity index is 0.000000147. The van der Waals surface area contributed by atoms with Crippen LogP contribution in [-0.2, 0) is 32.2 Å². The Kier molecular flexibility index (Phi) is 36.7. The number of benzene rings is 14. The van der Waals surface area contributed by atoms with Crippen LogP contribution < -0.4 is 63.7 Å². The van der Waals surface area contributed by atoms with E-state index in [4.69, 9.17) is 0 Å². The van der Waals surface area contributed by atoms with Crippen LogP contribution in [0.2, 0.25) is 0 Å². The molecule has 0 bridgehead atoms. The van der Waals surface area contributed by atoms with Gasteiger partial charge < -0.3 is 0 Å². The van der Waals surface area contributed by atoms with Crippen LogP contribution in [0.4, 0.5) is 0 Å². The predicted octanol–water partition coefficient (Wildman–Crippen LogP) is 21.8. The minimum absolute atomic E-state index is 0. The summed E-state index contributed by atoms with van der Waals surface area (Å²) in [6.45, 7) is 0. The van der Waals surface area contributed by atoms with Crippen molar-refractivity contribution in [2.24, 2.45) is 0 Å². The van der Waals surface area contributed by atoms with Crippen molar-refractivity contribution in [2.45, 2.75) is 11.8 Å². The van der Waals surface area contributed by atoms with Crippen LogP contribution in [0.25, 0.3) is 0 Å². The van der Waals surface area contributed by atoms with Gasteiger partial charge in [-0.15, -0.1) is 22.7 Å². The van der Waals surface area contributed by atoms with Crippen LogP contribution in [0.1, 0.15) is 35.3 Å². The first-order chi connectivity index (χ1) is 52.4. The summed E-state index contributed by atoms with van der Waals surface area (Å²) in [5.41, 5.74) is 2.61. The van der Waals surface area contributed by atoms with Gasteiger partial charge in [-0.05, 0) is 147 Å². The molecule has 0 saturated heterocycles. The maximum Gasteiger partial charge on any atom is 0.160 e. The summed E-state index contributed by atoms with van der Waals surface area (Å²) in [6.07, 6.45) is 2.66. The standard InChI is InChI=1S/4C18H15P.C12H10OS.C7H7Br.C5H3BrOS.Pd/c4*1-4-10-16(11-5-1)19(17-12-6-2-7-13-17)18-14-8-3-9-15-18;13-9-12-7-6-11(14-12)8-10-4-2-1-3-5-10;8-6-7-4-2-1-3-5-7;6-5-2-1-4(3-7)8-5;/h4*1-15H;1-7,9H,8H2;1-5H,6H2;1-3H;. The number of alkyl halides is 1. The fourth-order valence-electron chi connectivity index (χ4n) is 11.0. The van der Waals surface area contributed by atoms with Crippen molar-refractivity contribution in [3.05, 3.63) is 478 Å². The third kappa shape index (κ3) is 27.4. The summed E-state index contributed by atoms with van der Waals surface area (Å²) in [7, 11) is -1.78. The molecule has 0 unspecified atom stereocenters. The maximum absolute atomic E-state index is 10.5. The number of carbonyl (C=O) groups excluding carboxylic acids is 2. The van der Waals surface area contributed by atoms with Gasteiger partial charge in [0.2, 0.25) is 0 Å². The van der Waals surface area contributed by atoms with Gasteiger partial charge >= 0.3 is 0 Å². The fourth-order valence-corrected chi connectivity index (χ4v) is 22.7. The molecule has 11 heteroatoms. The Morgan fingerprint density at radius 3 is 0.551 bits per heavy atom. The van der Waals surface area contributed by atoms with Gasteiger partial charge in [0, 0.05) is 37.1 Å². The molecule has 0 atom stereocenters. The van der Waals surface area contributed by atoms with Crippen LogP contribution in [-0.4, -0.2) is 12.6 Å². The first-order valence-corrected chi connectivity index (χ1v) is 43.6. The zero-order valence-corrected chi connectivity index (χ0v) is 68.7. The van der Waals surface area contributed by atoms with Crippen molar-refractivity contribution in [3.8, 4) is 0 Å². The monoisotopic (exact) mass is 1720 g/mol. The molecular formula is C96H80Br2O2P4PdS2. The topological polar surface area (TPSA) is 34.1 Å². The molecule has 16 rings (SSSR count). The van der Waals surface area contributed by atoms with Gasteiger partial charge in [-0.25, -0.2) is 0 Å². The molecule has 107 heavy (non-hydrogen) atoms. The summed E-state index contributed by atoms with van der Waals surface area (Å²) < 4.78 is 1.000. The van der Waals surface area contributed by atoms with Crippen molar-refractivity contribution in [3.63, 3.8) is 0 Å². The molecular weight excluding hydrogens is 1640 g/mol. The van der Waals surface area contributed by atoms with E-state index in [0.29, 0.717) is 0 Å². The first-order valence-electron chi connectivity index (χ1n) is 34.6. The van der Waals surface area contributed by atoms with Crippen LogP contribution >= 0.6 is 86.2 Å². The third-order valence-corrected chi connectivity index (χ3v) is 28.9. The van der Waals surface area contributed by atoms with Crippen molar-refractivity contribution in [1.29, 1.82) is 0 Å². The number of thiophene rings is 2. The van der Waals surface area contributed by atoms with Crippen LogP contribution in [0, 0.1) is 0 Å². The molecule has 0 amide bonds. The van der Waals surface area contributed by atoms with Gasteiger partial charge in [0.25, 0.3) is 0 Å². The molecule has 14 aromatic carbocycles. The van der Waals surface area contributed by atoms with E-state index >= 15 is 0 Å². The Labute approximate surface area is 676 Å². The number of halogens is 2. The zero-order chi connectivity index (χ0) is 73.3. The summed E-state index contributed by atoms with van der Waals surface area (Å²) in [5.74, 6) is 0. The second-order valence-corrected chi connectivity index (χ2v) is 36.5. The molecule has 0 spiro atoms. The van der Waals surface area contributed by atoms with E-state index in [1.807, 2.05) is 54.6 Å². The van der Waals surface area contributed by atoms with Gasteiger partial charge in [-0.1, -0.05) is 441 Å². The van der Waals surface area contributed by atoms with Gasteiger partial charge in [-0.2, -0.15) is 0 Å². The minimum Gasteiger partial charge on any atom is -0.297 e. The Hall–Kier alpha value is -8.84. The summed E-state index contributed by atoms with van der Waals surface area (Å²) in [4.78, 5) is 23.3. The summed E-state index contributed by atoms with van der Waals surface area (Å²) in [6, 6.07) is 157. The van der Waals surface area contributed by atoms with E-state index < -0.39 is 31.7 Å². The van der Waals surface area contributed by atoms with Crippen LogP contribution in [0.3, 0.4) is 0 Å². The zero-order valence-electron chi connectivity index (χ0n) is 58.8. The smallest absolute Gasteiger partial charge is 0.160 e. The molecule has 0 aliphatic heterocycles. The third-order valence-electron chi connectivity index (χ3n) is 15.9. The quantitative estimate of drug-likeness (QED) is 0.0394. The van der Waals surface area contributed by atoms with E-state index in [2.05, 4.69) is 420 Å². The van der Waals surface area contributed by atoms with E-state index in [-0.39, 0.29) is 20.4 Å². The second kappa shape index (κ2) is 47.8. The van der Waals surface area contributed by atoms with Gasteiger partial charge in [0.15, 0.2) is 12.6 Å². The summed E-state index contributed by atoms with van der Waals surface area (Å²) in [5, 5.41) is 17.7. The van der Waals surface area contributed by atoms with E-state index in [9.17, 15) is 9.59 Å². The van der Waals surface area contributed by atoms with Crippen molar-refractivity contribution >= 4 is 162 Å². The van der Waals surface area contributed by atoms with E-state index in [1.165, 1.54) is 91.0 Å². The van der Waals surface area contributed by atoms with Crippen LogP contribution in [0.15, 0.2) is 453 Å². The van der Waals surface area contributed by atoms with Crippen molar-refractivity contribution in [1.82, 2.24) is 0 Å². The van der Waals surface area contributed by atoms with Crippen molar-refractivity contribution in [2.75, 3.05) is 0 Å². The average Bonchev–Trinajstić information content (AvgIpc) is 1.65. The number of carbonyl (C=O) groups is 2. The summed E-state index contributed by atoms with van der Waals surface area (Å²) >= 11 is 9.59. The Bertz CT molecular complexity index is 4130. The molecule has 2 aromatic heterocycles. The molecule has 2 heterocycles. The molecule has 0 N–H and O–H groups in total. The largest absolute Gasteiger partial charge is 0.297 e. The molecule has 0 aliphatic rings.